The maximum Gasteiger partial charge on any atom is 0.248 e. The standard InChI is InChI=1S/C30H50N6O5/c1-23-25(20-31-35(23)6)11-12-27(38)36-18-14-30(15-19-36)13-7-8-16-33(4)29(40)26(10-9-17-32(3)24(2)37)34(5)28(39)21-41-22-30/h20,26H,7-19,21-22H2,1-6H3/t26-/m0/s1. The highest BCUT2D eigenvalue weighted by Crippen LogP contribution is 2.37. The molecule has 2 aliphatic rings. The van der Waals surface area contributed by atoms with Crippen molar-refractivity contribution in [2.45, 2.75) is 77.7 Å². The van der Waals surface area contributed by atoms with Crippen LogP contribution >= 0.6 is 0 Å². The Morgan fingerprint density at radius 3 is 2.44 bits per heavy atom. The largest absolute Gasteiger partial charge is 0.371 e. The van der Waals surface area contributed by atoms with Gasteiger partial charge in [-0.15, -0.1) is 0 Å². The third kappa shape index (κ3) is 8.77. The summed E-state index contributed by atoms with van der Waals surface area (Å²) in [6.07, 6.45) is 8.57. The maximum atomic E-state index is 13.3. The minimum Gasteiger partial charge on any atom is -0.371 e. The van der Waals surface area contributed by atoms with Gasteiger partial charge in [0.15, 0.2) is 0 Å². The lowest BCUT2D eigenvalue weighted by Gasteiger charge is -2.42. The van der Waals surface area contributed by atoms with Gasteiger partial charge in [0.2, 0.25) is 23.6 Å². The van der Waals surface area contributed by atoms with Gasteiger partial charge < -0.3 is 24.3 Å². The van der Waals surface area contributed by atoms with Gasteiger partial charge in [-0.3, -0.25) is 23.9 Å². The average molecular weight is 575 g/mol. The molecule has 41 heavy (non-hydrogen) atoms. The van der Waals surface area contributed by atoms with E-state index in [0.29, 0.717) is 58.5 Å². The number of ether oxygens (including phenoxy) is 1. The molecule has 0 N–H and O–H groups in total. The summed E-state index contributed by atoms with van der Waals surface area (Å²) in [4.78, 5) is 57.9. The second kappa shape index (κ2) is 14.8. The summed E-state index contributed by atoms with van der Waals surface area (Å²) in [7, 11) is 7.12. The zero-order valence-corrected chi connectivity index (χ0v) is 26.0. The van der Waals surface area contributed by atoms with E-state index in [4.69, 9.17) is 4.74 Å². The van der Waals surface area contributed by atoms with Crippen molar-refractivity contribution in [2.24, 2.45) is 12.5 Å². The highest BCUT2D eigenvalue weighted by Gasteiger charge is 2.37. The van der Waals surface area contributed by atoms with E-state index < -0.39 is 6.04 Å². The van der Waals surface area contributed by atoms with Gasteiger partial charge in [-0.1, -0.05) is 6.42 Å². The van der Waals surface area contributed by atoms with Gasteiger partial charge in [-0.25, -0.2) is 0 Å². The summed E-state index contributed by atoms with van der Waals surface area (Å²) < 4.78 is 7.88. The molecule has 0 radical (unpaired) electrons. The average Bonchev–Trinajstić information content (AvgIpc) is 3.27. The van der Waals surface area contributed by atoms with E-state index in [0.717, 1.165) is 43.4 Å². The number of rotatable bonds is 7. The smallest absolute Gasteiger partial charge is 0.248 e. The molecule has 1 aromatic rings. The SMILES string of the molecule is CC(=O)N(C)CCC[C@H]1C(=O)N(C)CCCCC2(CCN(C(=O)CCc3cnn(C)c3C)CC2)COCC(=O)N1C. The van der Waals surface area contributed by atoms with Crippen molar-refractivity contribution in [1.29, 1.82) is 0 Å². The van der Waals surface area contributed by atoms with Crippen molar-refractivity contribution in [2.75, 3.05) is 60.5 Å². The molecule has 0 bridgehead atoms. The Morgan fingerprint density at radius 2 is 1.80 bits per heavy atom. The first-order chi connectivity index (χ1) is 19.4. The molecule has 11 nitrogen and oxygen atoms in total. The van der Waals surface area contributed by atoms with Crippen molar-refractivity contribution in [3.8, 4) is 0 Å². The molecular weight excluding hydrogens is 524 g/mol. The molecule has 0 unspecified atom stereocenters. The number of hydrogen-bond donors (Lipinski definition) is 0. The van der Waals surface area contributed by atoms with Crippen LogP contribution in [0.5, 0.6) is 0 Å². The van der Waals surface area contributed by atoms with Gasteiger partial charge in [-0.2, -0.15) is 5.10 Å². The van der Waals surface area contributed by atoms with Crippen LogP contribution in [0.1, 0.15) is 69.5 Å². The Hall–Kier alpha value is -2.95. The molecule has 0 saturated carbocycles. The van der Waals surface area contributed by atoms with E-state index in [1.165, 1.54) is 11.8 Å². The summed E-state index contributed by atoms with van der Waals surface area (Å²) in [5.74, 6) is -0.144. The minimum atomic E-state index is -0.587. The summed E-state index contributed by atoms with van der Waals surface area (Å²) in [5.41, 5.74) is 2.13. The molecule has 4 amide bonds. The number of aromatic nitrogens is 2. The zero-order chi connectivity index (χ0) is 30.2. The second-order valence-corrected chi connectivity index (χ2v) is 12.1. The highest BCUT2D eigenvalue weighted by atomic mass is 16.5. The molecule has 230 valence electrons. The van der Waals surface area contributed by atoms with Crippen molar-refractivity contribution < 1.29 is 23.9 Å². The number of likely N-dealkylation sites (tertiary alicyclic amines) is 1. The van der Waals surface area contributed by atoms with E-state index in [-0.39, 0.29) is 35.7 Å². The maximum absolute atomic E-state index is 13.3. The molecule has 2 saturated heterocycles. The molecule has 2 aliphatic heterocycles. The van der Waals surface area contributed by atoms with Crippen LogP contribution < -0.4 is 0 Å². The third-order valence-electron chi connectivity index (χ3n) is 9.24. The summed E-state index contributed by atoms with van der Waals surface area (Å²) in [6, 6.07) is -0.587. The van der Waals surface area contributed by atoms with Crippen LogP contribution in [0.3, 0.4) is 0 Å². The number of hydrogen-bond acceptors (Lipinski definition) is 6. The van der Waals surface area contributed by atoms with Crippen LogP contribution in [0, 0.1) is 12.3 Å². The quantitative estimate of drug-likeness (QED) is 0.493. The van der Waals surface area contributed by atoms with Crippen LogP contribution in [-0.4, -0.2) is 120 Å². The van der Waals surface area contributed by atoms with Gasteiger partial charge in [-0.05, 0) is 62.8 Å². The van der Waals surface area contributed by atoms with Crippen molar-refractivity contribution in [3.05, 3.63) is 17.5 Å². The van der Waals surface area contributed by atoms with Crippen molar-refractivity contribution in [3.63, 3.8) is 0 Å². The first-order valence-corrected chi connectivity index (χ1v) is 15.0. The fourth-order valence-corrected chi connectivity index (χ4v) is 5.89. The second-order valence-electron chi connectivity index (χ2n) is 12.1. The van der Waals surface area contributed by atoms with E-state index >= 15 is 0 Å². The monoisotopic (exact) mass is 574 g/mol. The molecule has 1 aromatic heterocycles. The number of carbonyl (C=O) groups excluding carboxylic acids is 4. The third-order valence-corrected chi connectivity index (χ3v) is 9.24. The predicted molar refractivity (Wildman–Crippen MR) is 156 cm³/mol. The lowest BCUT2D eigenvalue weighted by atomic mass is 9.75. The van der Waals surface area contributed by atoms with E-state index in [1.54, 1.807) is 30.9 Å². The van der Waals surface area contributed by atoms with E-state index in [1.807, 2.05) is 29.7 Å². The number of carbonyl (C=O) groups is 4. The summed E-state index contributed by atoms with van der Waals surface area (Å²) >= 11 is 0. The topological polar surface area (TPSA) is 108 Å². The van der Waals surface area contributed by atoms with Crippen LogP contribution in [-0.2, 0) is 37.4 Å². The molecular formula is C30H50N6O5. The Kier molecular flexibility index (Phi) is 11.7. The van der Waals surface area contributed by atoms with Gasteiger partial charge in [0.25, 0.3) is 0 Å². The molecule has 11 heteroatoms. The van der Waals surface area contributed by atoms with Crippen molar-refractivity contribution >= 4 is 23.6 Å². The van der Waals surface area contributed by atoms with Crippen LogP contribution in [0.4, 0.5) is 0 Å². The lowest BCUT2D eigenvalue weighted by Crippen LogP contribution is -2.49. The normalized spacial score (nSPS) is 20.9. The number of likely N-dealkylation sites (N-methyl/N-ethyl adjacent to an activating group) is 2. The first kappa shape index (κ1) is 32.6. The Morgan fingerprint density at radius 1 is 1.10 bits per heavy atom. The molecule has 1 atom stereocenters. The number of aryl methyl sites for hydroxylation is 2. The fourth-order valence-electron chi connectivity index (χ4n) is 5.89. The van der Waals surface area contributed by atoms with Crippen LogP contribution in [0.15, 0.2) is 6.20 Å². The van der Waals surface area contributed by atoms with Crippen LogP contribution in [0.2, 0.25) is 0 Å². The summed E-state index contributed by atoms with van der Waals surface area (Å²) in [6.45, 7) is 6.48. The number of piperidine rings is 1. The van der Waals surface area contributed by atoms with Gasteiger partial charge in [0.05, 0.1) is 12.8 Å². The fraction of sp³-hybridized carbons (Fsp3) is 0.767. The molecule has 1 spiro atoms. The Bertz CT molecular complexity index is 1060. The predicted octanol–water partition coefficient (Wildman–Crippen LogP) is 2.01. The van der Waals surface area contributed by atoms with E-state index in [9.17, 15) is 19.2 Å². The van der Waals surface area contributed by atoms with Gasteiger partial charge in [0, 0.05) is 73.4 Å². The Labute approximate surface area is 245 Å². The highest BCUT2D eigenvalue weighted by molar-refractivity contribution is 5.88. The number of nitrogens with zero attached hydrogens (tertiary/aromatic N) is 6. The van der Waals surface area contributed by atoms with Gasteiger partial charge in [0.1, 0.15) is 12.6 Å². The number of amides is 4. The minimum absolute atomic E-state index is 0.0230. The molecule has 0 aliphatic carbocycles. The van der Waals surface area contributed by atoms with Crippen molar-refractivity contribution in [1.82, 2.24) is 29.4 Å². The van der Waals surface area contributed by atoms with Crippen LogP contribution in [0.25, 0.3) is 0 Å². The molecule has 2 fully saturated rings. The Balaban J connectivity index is 1.58. The summed E-state index contributed by atoms with van der Waals surface area (Å²) in [5, 5.41) is 4.28. The molecule has 0 aromatic carbocycles. The lowest BCUT2D eigenvalue weighted by molar-refractivity contribution is -0.147. The zero-order valence-electron chi connectivity index (χ0n) is 26.0. The van der Waals surface area contributed by atoms with Gasteiger partial charge >= 0.3 is 0 Å². The van der Waals surface area contributed by atoms with E-state index in [2.05, 4.69) is 5.10 Å². The molecule has 3 rings (SSSR count). The first-order valence-electron chi connectivity index (χ1n) is 15.0. The molecule has 3 heterocycles.